The molecule has 5 nitrogen and oxygen atoms in total. The Morgan fingerprint density at radius 3 is 2.22 bits per heavy atom. The van der Waals surface area contributed by atoms with Crippen LogP contribution in [0.1, 0.15) is 37.8 Å². The van der Waals surface area contributed by atoms with Crippen molar-refractivity contribution in [2.24, 2.45) is 0 Å². The van der Waals surface area contributed by atoms with Crippen LogP contribution in [0.3, 0.4) is 0 Å². The van der Waals surface area contributed by atoms with Gasteiger partial charge in [-0.2, -0.15) is 0 Å². The number of hydrogen-bond acceptors (Lipinski definition) is 5. The summed E-state index contributed by atoms with van der Waals surface area (Å²) in [5.41, 5.74) is 0.653. The number of rotatable bonds is 6. The maximum Gasteiger partial charge on any atom is 0.210 e. The number of ether oxygens (including phenoxy) is 1. The molecule has 0 saturated carbocycles. The molecular formula is C26H26O5S. The van der Waals surface area contributed by atoms with E-state index in [1.54, 1.807) is 30.3 Å². The number of benzene rings is 3. The average Bonchev–Trinajstić information content (AvgIpc) is 2.78. The second-order valence-electron chi connectivity index (χ2n) is 7.57. The van der Waals surface area contributed by atoms with E-state index in [0.717, 1.165) is 11.1 Å². The Balaban J connectivity index is 1.84. The third kappa shape index (κ3) is 5.31. The Hall–Kier alpha value is -3.27. The maximum atomic E-state index is 12.8. The first-order chi connectivity index (χ1) is 15.2. The van der Waals surface area contributed by atoms with Crippen molar-refractivity contribution in [1.29, 1.82) is 0 Å². The van der Waals surface area contributed by atoms with Gasteiger partial charge in [-0.25, -0.2) is 8.42 Å². The third-order valence-corrected chi connectivity index (χ3v) is 7.00. The van der Waals surface area contributed by atoms with Crippen LogP contribution in [0.25, 0.3) is 0 Å². The van der Waals surface area contributed by atoms with Crippen LogP contribution in [0, 0.1) is 18.8 Å². The van der Waals surface area contributed by atoms with Gasteiger partial charge in [0.25, 0.3) is 0 Å². The molecule has 166 valence electrons. The largest absolute Gasteiger partial charge is 0.507 e. The van der Waals surface area contributed by atoms with Gasteiger partial charge < -0.3 is 14.9 Å². The smallest absolute Gasteiger partial charge is 0.210 e. The number of aliphatic hydroxyl groups is 1. The lowest BCUT2D eigenvalue weighted by Crippen LogP contribution is -2.23. The van der Waals surface area contributed by atoms with Gasteiger partial charge in [-0.1, -0.05) is 37.8 Å². The normalized spacial score (nSPS) is 11.5. The van der Waals surface area contributed by atoms with Crippen molar-refractivity contribution < 1.29 is 23.4 Å². The van der Waals surface area contributed by atoms with Crippen LogP contribution in [0.5, 0.6) is 17.2 Å². The zero-order valence-electron chi connectivity index (χ0n) is 18.3. The van der Waals surface area contributed by atoms with Gasteiger partial charge in [-0.05, 0) is 79.9 Å². The van der Waals surface area contributed by atoms with Crippen LogP contribution in [0.2, 0.25) is 0 Å². The van der Waals surface area contributed by atoms with E-state index in [-0.39, 0.29) is 15.5 Å². The minimum absolute atomic E-state index is 0.0561. The quantitative estimate of drug-likeness (QED) is 0.503. The lowest BCUT2D eigenvalue weighted by Gasteiger charge is -2.17. The van der Waals surface area contributed by atoms with Gasteiger partial charge in [0, 0.05) is 5.56 Å². The molecule has 0 aliphatic carbocycles. The molecule has 0 aliphatic heterocycles. The second-order valence-corrected chi connectivity index (χ2v) is 9.49. The number of phenols is 1. The third-order valence-electron chi connectivity index (χ3n) is 5.18. The Labute approximate surface area is 189 Å². The molecule has 3 aromatic carbocycles. The molecule has 2 N–H and O–H groups in total. The monoisotopic (exact) mass is 450 g/mol. The zero-order valence-corrected chi connectivity index (χ0v) is 19.1. The van der Waals surface area contributed by atoms with Crippen LogP contribution in [0.15, 0.2) is 76.5 Å². The van der Waals surface area contributed by atoms with Crippen LogP contribution < -0.4 is 4.74 Å². The van der Waals surface area contributed by atoms with Crippen molar-refractivity contribution in [1.82, 2.24) is 0 Å². The van der Waals surface area contributed by atoms with E-state index in [4.69, 9.17) is 4.74 Å². The lowest BCUT2D eigenvalue weighted by molar-refractivity contribution is 0.0931. The highest BCUT2D eigenvalue weighted by Crippen LogP contribution is 2.30. The van der Waals surface area contributed by atoms with Crippen molar-refractivity contribution in [2.45, 2.75) is 49.0 Å². The van der Waals surface area contributed by atoms with Crippen LogP contribution >= 0.6 is 0 Å². The van der Waals surface area contributed by atoms with Gasteiger partial charge in [0.1, 0.15) is 27.7 Å². The summed E-state index contributed by atoms with van der Waals surface area (Å²) >= 11 is 0. The topological polar surface area (TPSA) is 83.8 Å². The van der Waals surface area contributed by atoms with E-state index in [1.165, 1.54) is 24.3 Å². The Morgan fingerprint density at radius 2 is 1.59 bits per heavy atom. The summed E-state index contributed by atoms with van der Waals surface area (Å²) in [4.78, 5) is -0.0877. The molecule has 3 aromatic rings. The van der Waals surface area contributed by atoms with Crippen molar-refractivity contribution in [3.05, 3.63) is 77.9 Å². The number of hydrogen-bond donors (Lipinski definition) is 2. The molecule has 3 rings (SSSR count). The molecule has 0 atom stereocenters. The second kappa shape index (κ2) is 9.47. The summed E-state index contributed by atoms with van der Waals surface area (Å²) in [7, 11) is -3.85. The number of phenolic OH excluding ortho intramolecular Hbond substituents is 1. The van der Waals surface area contributed by atoms with Crippen LogP contribution in [0.4, 0.5) is 0 Å². The Morgan fingerprint density at radius 1 is 0.938 bits per heavy atom. The number of aryl methyl sites for hydroxylation is 1. The summed E-state index contributed by atoms with van der Waals surface area (Å²) < 4.78 is 31.5. The molecule has 0 saturated heterocycles. The van der Waals surface area contributed by atoms with Gasteiger partial charge in [0.05, 0.1) is 4.90 Å². The molecule has 0 heterocycles. The van der Waals surface area contributed by atoms with Gasteiger partial charge in [0.15, 0.2) is 0 Å². The van der Waals surface area contributed by atoms with E-state index in [9.17, 15) is 18.6 Å². The highest BCUT2D eigenvalue weighted by atomic mass is 32.2. The standard InChI is InChI=1S/C26H26O5S/c1-4-26(28,5-2)15-14-20-16-19(3)17-22(18-20)31-21-10-12-23(13-11-21)32(29,30)25-9-7-6-8-24(25)27/h6-13,16-18,27-28H,4-5H2,1-3H3. The molecular weight excluding hydrogens is 424 g/mol. The predicted molar refractivity (Wildman–Crippen MR) is 124 cm³/mol. The van der Waals surface area contributed by atoms with E-state index < -0.39 is 15.4 Å². The molecule has 0 bridgehead atoms. The van der Waals surface area contributed by atoms with Crippen molar-refractivity contribution in [3.8, 4) is 29.1 Å². The summed E-state index contributed by atoms with van der Waals surface area (Å²) in [6.45, 7) is 5.71. The van der Waals surface area contributed by atoms with Gasteiger partial charge >= 0.3 is 0 Å². The average molecular weight is 451 g/mol. The fraction of sp³-hybridized carbons (Fsp3) is 0.231. The molecule has 32 heavy (non-hydrogen) atoms. The molecule has 0 amide bonds. The van der Waals surface area contributed by atoms with Crippen molar-refractivity contribution in [3.63, 3.8) is 0 Å². The fourth-order valence-corrected chi connectivity index (χ4v) is 4.48. The molecule has 0 spiro atoms. The van der Waals surface area contributed by atoms with E-state index in [1.807, 2.05) is 32.9 Å². The van der Waals surface area contributed by atoms with E-state index in [0.29, 0.717) is 24.3 Å². The molecule has 6 heteroatoms. The summed E-state index contributed by atoms with van der Waals surface area (Å²) in [5.74, 6) is 6.69. The Kier molecular flexibility index (Phi) is 6.93. The fourth-order valence-electron chi connectivity index (χ4n) is 3.13. The first-order valence-electron chi connectivity index (χ1n) is 10.3. The summed E-state index contributed by atoms with van der Waals surface area (Å²) in [6, 6.07) is 17.4. The lowest BCUT2D eigenvalue weighted by atomic mass is 9.98. The first-order valence-corrected chi connectivity index (χ1v) is 11.8. The highest BCUT2D eigenvalue weighted by Gasteiger charge is 2.21. The summed E-state index contributed by atoms with van der Waals surface area (Å²) in [6.07, 6.45) is 1.09. The predicted octanol–water partition coefficient (Wildman–Crippen LogP) is 5.23. The highest BCUT2D eigenvalue weighted by molar-refractivity contribution is 7.91. The molecule has 0 radical (unpaired) electrons. The van der Waals surface area contributed by atoms with Crippen LogP contribution in [-0.4, -0.2) is 24.2 Å². The van der Waals surface area contributed by atoms with Crippen molar-refractivity contribution >= 4 is 9.84 Å². The van der Waals surface area contributed by atoms with E-state index >= 15 is 0 Å². The maximum absolute atomic E-state index is 12.8. The molecule has 0 unspecified atom stereocenters. The summed E-state index contributed by atoms with van der Waals surface area (Å²) in [5, 5.41) is 20.3. The minimum Gasteiger partial charge on any atom is -0.507 e. The number of para-hydroxylation sites is 1. The Bertz CT molecular complexity index is 1260. The minimum atomic E-state index is -3.85. The zero-order chi connectivity index (χ0) is 23.4. The number of aromatic hydroxyl groups is 1. The van der Waals surface area contributed by atoms with E-state index in [2.05, 4.69) is 11.8 Å². The SMILES string of the molecule is CCC(O)(C#Cc1cc(C)cc(Oc2ccc(S(=O)(=O)c3ccccc3O)cc2)c1)CC. The molecule has 0 aromatic heterocycles. The van der Waals surface area contributed by atoms with Crippen molar-refractivity contribution in [2.75, 3.05) is 0 Å². The van der Waals surface area contributed by atoms with Crippen LogP contribution in [-0.2, 0) is 9.84 Å². The number of sulfone groups is 1. The molecule has 0 fully saturated rings. The van der Waals surface area contributed by atoms with Gasteiger partial charge in [-0.3, -0.25) is 0 Å². The van der Waals surface area contributed by atoms with Gasteiger partial charge in [-0.15, -0.1) is 0 Å². The van der Waals surface area contributed by atoms with Gasteiger partial charge in [0.2, 0.25) is 9.84 Å². The molecule has 0 aliphatic rings. The first kappa shape index (κ1) is 23.4.